The van der Waals surface area contributed by atoms with Gasteiger partial charge in [0, 0.05) is 11.7 Å². The molecule has 0 aromatic heterocycles. The first-order valence-corrected chi connectivity index (χ1v) is 7.39. The molecule has 2 aromatic rings. The van der Waals surface area contributed by atoms with E-state index in [0.29, 0.717) is 22.7 Å². The Morgan fingerprint density at radius 2 is 1.86 bits per heavy atom. The maximum absolute atomic E-state index is 12.9. The lowest BCUT2D eigenvalue weighted by Crippen LogP contribution is -2.33. The molecule has 0 spiro atoms. The molecule has 0 atom stereocenters. The van der Waals surface area contributed by atoms with Gasteiger partial charge in [-0.15, -0.1) is 0 Å². The van der Waals surface area contributed by atoms with E-state index in [1.54, 1.807) is 7.11 Å². The molecule has 0 unspecified atom stereocenters. The van der Waals surface area contributed by atoms with Gasteiger partial charge < -0.3 is 10.1 Å². The van der Waals surface area contributed by atoms with Crippen LogP contribution in [0.25, 0.3) is 0 Å². The van der Waals surface area contributed by atoms with Gasteiger partial charge >= 0.3 is 0 Å². The number of benzene rings is 2. The van der Waals surface area contributed by atoms with Gasteiger partial charge in [-0.1, -0.05) is 23.7 Å². The Bertz CT molecular complexity index is 623. The lowest BCUT2D eigenvalue weighted by atomic mass is 9.76. The molecule has 0 aliphatic heterocycles. The number of ether oxygens (including phenoxy) is 1. The Morgan fingerprint density at radius 1 is 1.14 bits per heavy atom. The Morgan fingerprint density at radius 3 is 2.48 bits per heavy atom. The zero-order valence-corrected chi connectivity index (χ0v) is 12.5. The van der Waals surface area contributed by atoms with Gasteiger partial charge in [-0.2, -0.15) is 0 Å². The number of rotatable bonds is 4. The highest BCUT2D eigenvalue weighted by molar-refractivity contribution is 6.32. The van der Waals surface area contributed by atoms with Crippen molar-refractivity contribution in [2.45, 2.75) is 24.8 Å². The van der Waals surface area contributed by atoms with Gasteiger partial charge in [0.25, 0.3) is 0 Å². The van der Waals surface area contributed by atoms with E-state index in [9.17, 15) is 4.39 Å². The number of halogens is 2. The van der Waals surface area contributed by atoms with Crippen LogP contribution in [0, 0.1) is 5.82 Å². The summed E-state index contributed by atoms with van der Waals surface area (Å²) in [5, 5.41) is 4.08. The summed E-state index contributed by atoms with van der Waals surface area (Å²) in [6.07, 6.45) is 2.10. The molecule has 0 heterocycles. The van der Waals surface area contributed by atoms with E-state index in [2.05, 4.69) is 5.32 Å². The average molecular weight is 306 g/mol. The maximum atomic E-state index is 12.9. The van der Waals surface area contributed by atoms with E-state index in [0.717, 1.165) is 18.5 Å². The van der Waals surface area contributed by atoms with Crippen molar-refractivity contribution in [3.05, 3.63) is 58.9 Å². The van der Waals surface area contributed by atoms with Crippen molar-refractivity contribution in [3.63, 3.8) is 0 Å². The normalized spacial score (nSPS) is 20.7. The molecule has 0 saturated heterocycles. The van der Waals surface area contributed by atoms with Crippen molar-refractivity contribution in [1.29, 1.82) is 0 Å². The molecule has 0 bridgehead atoms. The number of nitrogens with one attached hydrogen (secondary N) is 1. The predicted octanol–water partition coefficient (Wildman–Crippen LogP) is 4.85. The minimum atomic E-state index is -0.180. The van der Waals surface area contributed by atoms with Crippen LogP contribution in [0.15, 0.2) is 42.5 Å². The second kappa shape index (κ2) is 5.94. The third-order valence-electron chi connectivity index (χ3n) is 4.00. The Labute approximate surface area is 128 Å². The molecule has 1 fully saturated rings. The molecule has 4 heteroatoms. The highest BCUT2D eigenvalue weighted by Gasteiger charge is 2.30. The Hall–Kier alpha value is -1.74. The zero-order chi connectivity index (χ0) is 14.8. The topological polar surface area (TPSA) is 21.3 Å². The molecule has 2 aromatic carbocycles. The summed E-state index contributed by atoms with van der Waals surface area (Å²) in [6, 6.07) is 13.0. The van der Waals surface area contributed by atoms with Gasteiger partial charge in [0.15, 0.2) is 0 Å². The standard InChI is InChI=1S/C17H17ClFNO/c1-21-17-7-6-14(10-16(17)18)20-15-8-12(9-15)11-2-4-13(19)5-3-11/h2-7,10,12,15,20H,8-9H2,1H3. The lowest BCUT2D eigenvalue weighted by Gasteiger charge is -2.37. The third kappa shape index (κ3) is 3.13. The number of methoxy groups -OCH3 is 1. The van der Waals surface area contributed by atoms with E-state index in [4.69, 9.17) is 16.3 Å². The smallest absolute Gasteiger partial charge is 0.137 e. The summed E-state index contributed by atoms with van der Waals surface area (Å²) in [5.74, 6) is 1.01. The summed E-state index contributed by atoms with van der Waals surface area (Å²) >= 11 is 6.11. The van der Waals surface area contributed by atoms with E-state index in [1.807, 2.05) is 30.3 Å². The van der Waals surface area contributed by atoms with Crippen LogP contribution in [0.2, 0.25) is 5.02 Å². The fraction of sp³-hybridized carbons (Fsp3) is 0.294. The molecular formula is C17H17ClFNO. The van der Waals surface area contributed by atoms with Gasteiger partial charge in [-0.25, -0.2) is 4.39 Å². The largest absolute Gasteiger partial charge is 0.495 e. The first kappa shape index (κ1) is 14.2. The summed E-state index contributed by atoms with van der Waals surface area (Å²) in [6.45, 7) is 0. The zero-order valence-electron chi connectivity index (χ0n) is 11.8. The molecule has 2 nitrogen and oxygen atoms in total. The monoisotopic (exact) mass is 305 g/mol. The molecule has 1 aliphatic rings. The Kier molecular flexibility index (Phi) is 4.02. The van der Waals surface area contributed by atoms with Crippen LogP contribution in [0.5, 0.6) is 5.75 Å². The molecule has 1 N–H and O–H groups in total. The predicted molar refractivity (Wildman–Crippen MR) is 83.8 cm³/mol. The molecule has 0 radical (unpaired) electrons. The average Bonchev–Trinajstić information content (AvgIpc) is 2.44. The highest BCUT2D eigenvalue weighted by Crippen LogP contribution is 2.39. The first-order valence-electron chi connectivity index (χ1n) is 7.01. The third-order valence-corrected chi connectivity index (χ3v) is 4.30. The Balaban J connectivity index is 1.57. The van der Waals surface area contributed by atoms with Crippen molar-refractivity contribution in [2.75, 3.05) is 12.4 Å². The summed E-state index contributed by atoms with van der Waals surface area (Å²) in [4.78, 5) is 0. The number of hydrogen-bond donors (Lipinski definition) is 1. The van der Waals surface area contributed by atoms with Crippen LogP contribution < -0.4 is 10.1 Å². The van der Waals surface area contributed by atoms with Gasteiger partial charge in [0.1, 0.15) is 11.6 Å². The molecular weight excluding hydrogens is 289 g/mol. The van der Waals surface area contributed by atoms with Crippen molar-refractivity contribution in [2.24, 2.45) is 0 Å². The van der Waals surface area contributed by atoms with E-state index >= 15 is 0 Å². The molecule has 1 aliphatic carbocycles. The second-order valence-corrected chi connectivity index (χ2v) is 5.82. The van der Waals surface area contributed by atoms with Gasteiger partial charge in [0.2, 0.25) is 0 Å². The van der Waals surface area contributed by atoms with Crippen molar-refractivity contribution >= 4 is 17.3 Å². The summed E-state index contributed by atoms with van der Waals surface area (Å²) in [7, 11) is 1.60. The van der Waals surface area contributed by atoms with E-state index < -0.39 is 0 Å². The summed E-state index contributed by atoms with van der Waals surface area (Å²) < 4.78 is 18.0. The maximum Gasteiger partial charge on any atom is 0.137 e. The van der Waals surface area contributed by atoms with Crippen LogP contribution in [0.4, 0.5) is 10.1 Å². The fourth-order valence-corrected chi connectivity index (χ4v) is 2.99. The molecule has 110 valence electrons. The molecule has 3 rings (SSSR count). The minimum absolute atomic E-state index is 0.180. The van der Waals surface area contributed by atoms with Crippen LogP contribution in [-0.2, 0) is 0 Å². The second-order valence-electron chi connectivity index (χ2n) is 5.41. The van der Waals surface area contributed by atoms with Gasteiger partial charge in [-0.3, -0.25) is 0 Å². The van der Waals surface area contributed by atoms with Crippen molar-refractivity contribution < 1.29 is 9.13 Å². The van der Waals surface area contributed by atoms with Crippen LogP contribution in [-0.4, -0.2) is 13.2 Å². The van der Waals surface area contributed by atoms with Crippen molar-refractivity contribution in [1.82, 2.24) is 0 Å². The molecule has 1 saturated carbocycles. The minimum Gasteiger partial charge on any atom is -0.495 e. The van der Waals surface area contributed by atoms with Crippen LogP contribution >= 0.6 is 11.6 Å². The lowest BCUT2D eigenvalue weighted by molar-refractivity contribution is 0.373. The SMILES string of the molecule is COc1ccc(NC2CC(c3ccc(F)cc3)C2)cc1Cl. The quantitative estimate of drug-likeness (QED) is 0.872. The van der Waals surface area contributed by atoms with Crippen LogP contribution in [0.3, 0.4) is 0 Å². The highest BCUT2D eigenvalue weighted by atomic mass is 35.5. The van der Waals surface area contributed by atoms with Gasteiger partial charge in [-0.05, 0) is 54.7 Å². The van der Waals surface area contributed by atoms with Gasteiger partial charge in [0.05, 0.1) is 12.1 Å². The van der Waals surface area contributed by atoms with E-state index in [1.165, 1.54) is 17.7 Å². The van der Waals surface area contributed by atoms with E-state index in [-0.39, 0.29) is 5.82 Å². The fourth-order valence-electron chi connectivity index (χ4n) is 2.73. The molecule has 21 heavy (non-hydrogen) atoms. The molecule has 0 amide bonds. The van der Waals surface area contributed by atoms with Crippen LogP contribution in [0.1, 0.15) is 24.3 Å². The number of hydrogen-bond acceptors (Lipinski definition) is 2. The summed E-state index contributed by atoms with van der Waals surface area (Å²) in [5.41, 5.74) is 2.21. The number of anilines is 1. The van der Waals surface area contributed by atoms with Crippen molar-refractivity contribution in [3.8, 4) is 5.75 Å². The first-order chi connectivity index (χ1) is 10.2.